The lowest BCUT2D eigenvalue weighted by Gasteiger charge is -2.40. The highest BCUT2D eigenvalue weighted by Gasteiger charge is 2.59. The standard InChI is InChI=1S/C33H30F6O5/c1-3-16-4-21-17(5-22-28(21)29(22)31(40)41)9-27(16)43-14-19-6-20(23(10-24(19)34)33(37,38)39)18-7-25(35)30(26(36)8-18)44-13-15-11-32(2,42)12-15/h4,6-10,15,22,28-29,42H,3,5,11-14H2,1-2H3,(H,40,41). The maximum Gasteiger partial charge on any atom is 0.417 e. The molecule has 0 aliphatic heterocycles. The van der Waals surface area contributed by atoms with Crippen LogP contribution in [-0.2, 0) is 30.4 Å². The van der Waals surface area contributed by atoms with Crippen molar-refractivity contribution in [3.05, 3.63) is 81.7 Å². The van der Waals surface area contributed by atoms with Crippen molar-refractivity contribution in [1.29, 1.82) is 0 Å². The van der Waals surface area contributed by atoms with Crippen molar-refractivity contribution in [3.63, 3.8) is 0 Å². The van der Waals surface area contributed by atoms with Crippen molar-refractivity contribution in [2.45, 2.75) is 63.8 Å². The Hall–Kier alpha value is -3.73. The van der Waals surface area contributed by atoms with Crippen molar-refractivity contribution >= 4 is 5.97 Å². The first-order valence-electron chi connectivity index (χ1n) is 14.4. The van der Waals surface area contributed by atoms with Gasteiger partial charge in [0, 0.05) is 11.5 Å². The molecule has 2 N–H and O–H groups in total. The minimum atomic E-state index is -5.02. The molecule has 2 fully saturated rings. The molecule has 0 spiro atoms. The minimum absolute atomic E-state index is 0.0181. The zero-order chi connectivity index (χ0) is 31.7. The quantitative estimate of drug-likeness (QED) is 0.243. The summed E-state index contributed by atoms with van der Waals surface area (Å²) in [5.41, 5.74) is -0.965. The summed E-state index contributed by atoms with van der Waals surface area (Å²) in [7, 11) is 0. The third kappa shape index (κ3) is 5.50. The highest BCUT2D eigenvalue weighted by Crippen LogP contribution is 2.62. The average molecular weight is 621 g/mol. The van der Waals surface area contributed by atoms with Crippen LogP contribution in [0.5, 0.6) is 11.5 Å². The van der Waals surface area contributed by atoms with Gasteiger partial charge >= 0.3 is 12.1 Å². The Bertz CT molecular complexity index is 1620. The average Bonchev–Trinajstić information content (AvgIpc) is 3.52. The summed E-state index contributed by atoms with van der Waals surface area (Å²) in [6.45, 7) is 2.98. The van der Waals surface area contributed by atoms with Gasteiger partial charge in [-0.2, -0.15) is 13.2 Å². The van der Waals surface area contributed by atoms with Gasteiger partial charge in [0.15, 0.2) is 17.4 Å². The molecule has 0 amide bonds. The van der Waals surface area contributed by atoms with Crippen LogP contribution in [-0.4, -0.2) is 28.4 Å². The van der Waals surface area contributed by atoms with Crippen molar-refractivity contribution < 1.29 is 50.8 Å². The van der Waals surface area contributed by atoms with Gasteiger partial charge in [-0.05, 0) is 103 Å². The Morgan fingerprint density at radius 3 is 2.25 bits per heavy atom. The van der Waals surface area contributed by atoms with Crippen molar-refractivity contribution in [2.75, 3.05) is 6.61 Å². The molecule has 3 unspecified atom stereocenters. The Balaban J connectivity index is 1.26. The number of aliphatic carboxylic acids is 1. The van der Waals surface area contributed by atoms with Gasteiger partial charge in [-0.25, -0.2) is 13.2 Å². The molecular formula is C33H30F6O5. The van der Waals surface area contributed by atoms with E-state index in [0.29, 0.717) is 49.6 Å². The van der Waals surface area contributed by atoms with Crippen LogP contribution in [0.3, 0.4) is 0 Å². The number of carboxylic acid groups (broad SMARTS) is 1. The van der Waals surface area contributed by atoms with Crippen LogP contribution in [0.25, 0.3) is 11.1 Å². The smallest absolute Gasteiger partial charge is 0.417 e. The fourth-order valence-corrected chi connectivity index (χ4v) is 6.94. The first-order valence-corrected chi connectivity index (χ1v) is 14.4. The fourth-order valence-electron chi connectivity index (χ4n) is 6.94. The van der Waals surface area contributed by atoms with Crippen LogP contribution in [0.2, 0.25) is 0 Å². The van der Waals surface area contributed by atoms with Gasteiger partial charge in [0.05, 0.1) is 23.7 Å². The van der Waals surface area contributed by atoms with Gasteiger partial charge in [-0.1, -0.05) is 13.0 Å². The second-order valence-corrected chi connectivity index (χ2v) is 12.4. The molecule has 3 aromatic rings. The van der Waals surface area contributed by atoms with E-state index in [0.717, 1.165) is 22.8 Å². The van der Waals surface area contributed by atoms with Crippen LogP contribution in [0.4, 0.5) is 26.3 Å². The van der Waals surface area contributed by atoms with E-state index in [4.69, 9.17) is 9.47 Å². The number of carbonyl (C=O) groups is 1. The van der Waals surface area contributed by atoms with E-state index in [-0.39, 0.29) is 29.9 Å². The number of carboxylic acids is 1. The van der Waals surface area contributed by atoms with Gasteiger partial charge in [0.25, 0.3) is 0 Å². The van der Waals surface area contributed by atoms with Crippen molar-refractivity contribution in [1.82, 2.24) is 0 Å². The summed E-state index contributed by atoms with van der Waals surface area (Å²) >= 11 is 0. The normalized spacial score (nSPS) is 25.2. The van der Waals surface area contributed by atoms with E-state index in [9.17, 15) is 37.0 Å². The van der Waals surface area contributed by atoms with Crippen LogP contribution >= 0.6 is 0 Å². The number of halogens is 6. The second-order valence-electron chi connectivity index (χ2n) is 12.4. The minimum Gasteiger partial charge on any atom is -0.489 e. The largest absolute Gasteiger partial charge is 0.489 e. The molecule has 11 heteroatoms. The molecule has 0 saturated heterocycles. The number of fused-ring (bicyclic) bond motifs is 3. The Labute approximate surface area is 249 Å². The van der Waals surface area contributed by atoms with Crippen LogP contribution in [0.1, 0.15) is 60.4 Å². The lowest BCUT2D eigenvalue weighted by Crippen LogP contribution is -2.43. The Kier molecular flexibility index (Phi) is 7.38. The third-order valence-corrected chi connectivity index (χ3v) is 9.08. The lowest BCUT2D eigenvalue weighted by atomic mass is 9.73. The lowest BCUT2D eigenvalue weighted by molar-refractivity contribution is -0.139. The van der Waals surface area contributed by atoms with E-state index in [1.165, 1.54) is 0 Å². The second kappa shape index (κ2) is 10.7. The molecule has 234 valence electrons. The fraction of sp³-hybridized carbons (Fsp3) is 0.424. The highest BCUT2D eigenvalue weighted by atomic mass is 19.4. The predicted molar refractivity (Wildman–Crippen MR) is 147 cm³/mol. The highest BCUT2D eigenvalue weighted by molar-refractivity contribution is 5.78. The van der Waals surface area contributed by atoms with Gasteiger partial charge in [-0.15, -0.1) is 0 Å². The molecule has 0 bridgehead atoms. The zero-order valence-electron chi connectivity index (χ0n) is 23.9. The molecule has 3 aliphatic carbocycles. The van der Waals surface area contributed by atoms with Gasteiger partial charge in [-0.3, -0.25) is 4.79 Å². The van der Waals surface area contributed by atoms with E-state index in [1.807, 2.05) is 13.0 Å². The first kappa shape index (κ1) is 30.3. The number of benzene rings is 3. The molecule has 5 nitrogen and oxygen atoms in total. The Morgan fingerprint density at radius 2 is 1.66 bits per heavy atom. The maximum atomic E-state index is 15.0. The molecule has 0 radical (unpaired) electrons. The van der Waals surface area contributed by atoms with Crippen molar-refractivity contribution in [3.8, 4) is 22.6 Å². The van der Waals surface area contributed by atoms with Crippen molar-refractivity contribution in [2.24, 2.45) is 17.8 Å². The van der Waals surface area contributed by atoms with E-state index in [1.54, 1.807) is 13.0 Å². The topological polar surface area (TPSA) is 76.0 Å². The molecule has 3 aromatic carbocycles. The summed E-state index contributed by atoms with van der Waals surface area (Å²) < 4.78 is 98.0. The number of ether oxygens (including phenoxy) is 2. The molecule has 44 heavy (non-hydrogen) atoms. The maximum absolute atomic E-state index is 15.0. The summed E-state index contributed by atoms with van der Waals surface area (Å²) in [6, 6.07) is 6.27. The molecule has 3 aliphatic rings. The first-order chi connectivity index (χ1) is 20.7. The summed E-state index contributed by atoms with van der Waals surface area (Å²) in [4.78, 5) is 11.5. The molecule has 6 rings (SSSR count). The molecule has 0 aromatic heterocycles. The number of aryl methyl sites for hydroxylation is 1. The molecular weight excluding hydrogens is 590 g/mol. The molecule has 3 atom stereocenters. The number of hydrogen-bond donors (Lipinski definition) is 2. The molecule has 2 saturated carbocycles. The Morgan fingerprint density at radius 1 is 0.977 bits per heavy atom. The summed E-state index contributed by atoms with van der Waals surface area (Å²) in [5.74, 6) is -5.34. The van der Waals surface area contributed by atoms with Crippen LogP contribution in [0.15, 0.2) is 36.4 Å². The van der Waals surface area contributed by atoms with E-state index < -0.39 is 70.2 Å². The van der Waals surface area contributed by atoms with E-state index >= 15 is 4.39 Å². The van der Waals surface area contributed by atoms with E-state index in [2.05, 4.69) is 0 Å². The SMILES string of the molecule is CCc1cc2c(cc1OCc1cc(-c3cc(F)c(OCC4CC(C)(O)C4)c(F)c3)c(C(F)(F)F)cc1F)CC1C(C(=O)O)C21. The number of aliphatic hydroxyl groups is 1. The zero-order valence-corrected chi connectivity index (χ0v) is 23.9. The van der Waals surface area contributed by atoms with Gasteiger partial charge in [0.2, 0.25) is 0 Å². The van der Waals surface area contributed by atoms with Gasteiger partial charge in [0.1, 0.15) is 18.2 Å². The summed E-state index contributed by atoms with van der Waals surface area (Å²) in [6.07, 6.45) is -3.16. The third-order valence-electron chi connectivity index (χ3n) is 9.08. The predicted octanol–water partition coefficient (Wildman–Crippen LogP) is 7.44. The van der Waals surface area contributed by atoms with Crippen LogP contribution in [0, 0.1) is 35.2 Å². The number of hydrogen-bond acceptors (Lipinski definition) is 4. The number of rotatable bonds is 9. The molecule has 0 heterocycles. The van der Waals surface area contributed by atoms with Gasteiger partial charge < -0.3 is 19.7 Å². The van der Waals surface area contributed by atoms with Crippen LogP contribution < -0.4 is 9.47 Å². The summed E-state index contributed by atoms with van der Waals surface area (Å²) in [5, 5.41) is 19.2. The monoisotopic (exact) mass is 620 g/mol. The number of alkyl halides is 3.